The van der Waals surface area contributed by atoms with E-state index in [1.165, 1.54) is 21.8 Å². The van der Waals surface area contributed by atoms with Crippen LogP contribution in [0.3, 0.4) is 0 Å². The highest BCUT2D eigenvalue weighted by Crippen LogP contribution is 2.16. The molecule has 0 aliphatic carbocycles. The minimum atomic E-state index is -0.919. The summed E-state index contributed by atoms with van der Waals surface area (Å²) in [6.45, 7) is 2.22. The Bertz CT molecular complexity index is 664. The van der Waals surface area contributed by atoms with Crippen LogP contribution in [0.15, 0.2) is 29.6 Å². The van der Waals surface area contributed by atoms with Gasteiger partial charge in [-0.05, 0) is 12.5 Å². The zero-order valence-electron chi connectivity index (χ0n) is 12.6. The Hall–Kier alpha value is -2.21. The van der Waals surface area contributed by atoms with Gasteiger partial charge >= 0.3 is 5.97 Å². The predicted molar refractivity (Wildman–Crippen MR) is 85.3 cm³/mol. The Morgan fingerprint density at radius 1 is 1.27 bits per heavy atom. The fraction of sp³-hybridized carbons (Fsp3) is 0.312. The molecule has 0 fully saturated rings. The molecule has 5 nitrogen and oxygen atoms in total. The van der Waals surface area contributed by atoms with E-state index < -0.39 is 5.97 Å². The van der Waals surface area contributed by atoms with Crippen molar-refractivity contribution in [3.63, 3.8) is 0 Å². The van der Waals surface area contributed by atoms with E-state index >= 15 is 0 Å². The fourth-order valence-corrected chi connectivity index (χ4v) is 2.73. The minimum absolute atomic E-state index is 0.0669. The van der Waals surface area contributed by atoms with Crippen LogP contribution in [0, 0.1) is 6.92 Å². The number of carboxylic acids is 1. The zero-order chi connectivity index (χ0) is 16.1. The molecule has 0 spiro atoms. The van der Waals surface area contributed by atoms with E-state index in [-0.39, 0.29) is 18.9 Å². The zero-order valence-corrected chi connectivity index (χ0v) is 13.4. The van der Waals surface area contributed by atoms with Gasteiger partial charge in [0.25, 0.3) is 5.91 Å². The molecule has 2 aromatic rings. The maximum Gasteiger partial charge on any atom is 0.305 e. The smallest absolute Gasteiger partial charge is 0.305 e. The number of carbonyl (C=O) groups is 2. The lowest BCUT2D eigenvalue weighted by molar-refractivity contribution is -0.137. The SMILES string of the molecule is Cc1ccc(Cc2nc(C(=O)N(C)CCC(=O)O)cs2)cc1. The number of carbonyl (C=O) groups excluding carboxylic acids is 1. The molecule has 1 N–H and O–H groups in total. The number of aromatic nitrogens is 1. The lowest BCUT2D eigenvalue weighted by Gasteiger charge is -2.14. The van der Waals surface area contributed by atoms with Crippen molar-refractivity contribution in [3.8, 4) is 0 Å². The Kier molecular flexibility index (Phi) is 5.27. The average Bonchev–Trinajstić information content (AvgIpc) is 2.94. The van der Waals surface area contributed by atoms with Crippen LogP contribution in [0.5, 0.6) is 0 Å². The van der Waals surface area contributed by atoms with E-state index in [2.05, 4.69) is 29.2 Å². The second-order valence-corrected chi connectivity index (χ2v) is 6.10. The Morgan fingerprint density at radius 3 is 2.59 bits per heavy atom. The standard InChI is InChI=1S/C16H18N2O3S/c1-11-3-5-12(6-4-11)9-14-17-13(10-22-14)16(21)18(2)8-7-15(19)20/h3-6,10H,7-9H2,1-2H3,(H,19,20). The van der Waals surface area contributed by atoms with Gasteiger partial charge in [-0.15, -0.1) is 11.3 Å². The maximum atomic E-state index is 12.1. The van der Waals surface area contributed by atoms with Crippen molar-refractivity contribution in [2.75, 3.05) is 13.6 Å². The summed E-state index contributed by atoms with van der Waals surface area (Å²) < 4.78 is 0. The molecule has 1 aromatic heterocycles. The molecular formula is C16H18N2O3S. The summed E-state index contributed by atoms with van der Waals surface area (Å²) in [5.74, 6) is -1.16. The molecule has 0 atom stereocenters. The molecule has 0 saturated heterocycles. The number of amides is 1. The predicted octanol–water partition coefficient (Wildman–Crippen LogP) is 2.59. The van der Waals surface area contributed by atoms with Gasteiger partial charge in [-0.1, -0.05) is 29.8 Å². The number of thiazole rings is 1. The molecule has 0 aliphatic rings. The molecule has 22 heavy (non-hydrogen) atoms. The summed E-state index contributed by atoms with van der Waals surface area (Å²) in [7, 11) is 1.59. The van der Waals surface area contributed by atoms with Crippen LogP contribution < -0.4 is 0 Å². The number of rotatable bonds is 6. The first-order valence-electron chi connectivity index (χ1n) is 6.93. The lowest BCUT2D eigenvalue weighted by atomic mass is 10.1. The van der Waals surface area contributed by atoms with Crippen molar-refractivity contribution >= 4 is 23.2 Å². The van der Waals surface area contributed by atoms with E-state index in [1.54, 1.807) is 12.4 Å². The summed E-state index contributed by atoms with van der Waals surface area (Å²) in [6, 6.07) is 8.21. The van der Waals surface area contributed by atoms with E-state index in [1.807, 2.05) is 6.92 Å². The topological polar surface area (TPSA) is 70.5 Å². The normalized spacial score (nSPS) is 10.5. The number of benzene rings is 1. The highest BCUT2D eigenvalue weighted by atomic mass is 32.1. The van der Waals surface area contributed by atoms with Gasteiger partial charge < -0.3 is 10.0 Å². The first-order chi connectivity index (χ1) is 10.5. The van der Waals surface area contributed by atoms with Crippen molar-refractivity contribution in [1.29, 1.82) is 0 Å². The van der Waals surface area contributed by atoms with Crippen LogP contribution in [0.25, 0.3) is 0 Å². The van der Waals surface area contributed by atoms with Gasteiger partial charge in [0.15, 0.2) is 0 Å². The number of aliphatic carboxylic acids is 1. The number of aryl methyl sites for hydroxylation is 1. The first kappa shape index (κ1) is 16.2. The van der Waals surface area contributed by atoms with Gasteiger partial charge in [-0.2, -0.15) is 0 Å². The molecule has 6 heteroatoms. The van der Waals surface area contributed by atoms with Gasteiger partial charge in [0.05, 0.1) is 11.4 Å². The molecule has 1 aromatic carbocycles. The van der Waals surface area contributed by atoms with E-state index in [0.717, 1.165) is 10.6 Å². The second-order valence-electron chi connectivity index (χ2n) is 5.16. The largest absolute Gasteiger partial charge is 0.481 e. The highest BCUT2D eigenvalue weighted by Gasteiger charge is 2.16. The Morgan fingerprint density at radius 2 is 1.95 bits per heavy atom. The van der Waals surface area contributed by atoms with Gasteiger partial charge in [-0.3, -0.25) is 9.59 Å². The van der Waals surface area contributed by atoms with Crippen LogP contribution in [0.1, 0.15) is 33.0 Å². The van der Waals surface area contributed by atoms with Gasteiger partial charge in [-0.25, -0.2) is 4.98 Å². The number of hydrogen-bond donors (Lipinski definition) is 1. The maximum absolute atomic E-state index is 12.1. The molecule has 2 rings (SSSR count). The third kappa shape index (κ3) is 4.39. The van der Waals surface area contributed by atoms with Crippen molar-refractivity contribution < 1.29 is 14.7 Å². The molecule has 116 valence electrons. The molecular weight excluding hydrogens is 300 g/mol. The Balaban J connectivity index is 1.99. The third-order valence-corrected chi connectivity index (χ3v) is 4.10. The van der Waals surface area contributed by atoms with E-state index in [9.17, 15) is 9.59 Å². The van der Waals surface area contributed by atoms with Crippen LogP contribution >= 0.6 is 11.3 Å². The van der Waals surface area contributed by atoms with Gasteiger partial charge in [0.2, 0.25) is 0 Å². The van der Waals surface area contributed by atoms with Gasteiger partial charge in [0.1, 0.15) is 5.69 Å². The summed E-state index contributed by atoms with van der Waals surface area (Å²) >= 11 is 1.44. The monoisotopic (exact) mass is 318 g/mol. The molecule has 0 unspecified atom stereocenters. The molecule has 0 aliphatic heterocycles. The van der Waals surface area contributed by atoms with Crippen molar-refractivity contribution in [2.45, 2.75) is 19.8 Å². The van der Waals surface area contributed by atoms with Crippen LogP contribution in [-0.4, -0.2) is 40.5 Å². The van der Waals surface area contributed by atoms with Crippen LogP contribution in [-0.2, 0) is 11.2 Å². The van der Waals surface area contributed by atoms with Crippen LogP contribution in [0.4, 0.5) is 0 Å². The molecule has 1 heterocycles. The first-order valence-corrected chi connectivity index (χ1v) is 7.81. The minimum Gasteiger partial charge on any atom is -0.481 e. The molecule has 0 saturated carbocycles. The summed E-state index contributed by atoms with van der Waals surface area (Å²) in [6.07, 6.45) is 0.625. The molecule has 0 bridgehead atoms. The number of nitrogens with zero attached hydrogens (tertiary/aromatic N) is 2. The third-order valence-electron chi connectivity index (χ3n) is 3.25. The lowest BCUT2D eigenvalue weighted by Crippen LogP contribution is -2.29. The summed E-state index contributed by atoms with van der Waals surface area (Å²) in [5.41, 5.74) is 2.73. The highest BCUT2D eigenvalue weighted by molar-refractivity contribution is 7.09. The molecule has 0 radical (unpaired) electrons. The van der Waals surface area contributed by atoms with Crippen LogP contribution in [0.2, 0.25) is 0 Å². The van der Waals surface area contributed by atoms with E-state index in [4.69, 9.17) is 5.11 Å². The van der Waals surface area contributed by atoms with Crippen molar-refractivity contribution in [3.05, 3.63) is 51.5 Å². The summed E-state index contributed by atoms with van der Waals surface area (Å²) in [5, 5.41) is 11.3. The van der Waals surface area contributed by atoms with Gasteiger partial charge in [0, 0.05) is 25.4 Å². The number of hydrogen-bond acceptors (Lipinski definition) is 4. The summed E-state index contributed by atoms with van der Waals surface area (Å²) in [4.78, 5) is 28.4. The van der Waals surface area contributed by atoms with E-state index in [0.29, 0.717) is 12.1 Å². The second kappa shape index (κ2) is 7.17. The fourth-order valence-electron chi connectivity index (χ4n) is 1.93. The van der Waals surface area contributed by atoms with Crippen molar-refractivity contribution in [2.24, 2.45) is 0 Å². The Labute approximate surface area is 133 Å². The number of carboxylic acid groups (broad SMARTS) is 1. The average molecular weight is 318 g/mol. The quantitative estimate of drug-likeness (QED) is 0.888. The molecule has 1 amide bonds. The van der Waals surface area contributed by atoms with Crippen molar-refractivity contribution in [1.82, 2.24) is 9.88 Å².